The molecule has 0 bridgehead atoms. The van der Waals surface area contributed by atoms with E-state index in [4.69, 9.17) is 25.3 Å². The lowest BCUT2D eigenvalue weighted by atomic mass is 9.95. The summed E-state index contributed by atoms with van der Waals surface area (Å²) in [5.41, 5.74) is 5.29. The molecule has 65 heavy (non-hydrogen) atoms. The first-order valence-electron chi connectivity index (χ1n) is 21.5. The van der Waals surface area contributed by atoms with Crippen molar-refractivity contribution in [1.29, 1.82) is 0 Å². The molecule has 16 nitrogen and oxygen atoms in total. The minimum atomic E-state index is -3.14. The molecule has 6 aromatic rings. The second kappa shape index (κ2) is 21.6. The van der Waals surface area contributed by atoms with Crippen LogP contribution in [0.2, 0.25) is 0 Å². The van der Waals surface area contributed by atoms with Gasteiger partial charge in [-0.05, 0) is 79.8 Å². The zero-order valence-electron chi connectivity index (χ0n) is 35.9. The van der Waals surface area contributed by atoms with E-state index >= 15 is 0 Å². The van der Waals surface area contributed by atoms with E-state index in [9.17, 15) is 34.3 Å². The summed E-state index contributed by atoms with van der Waals surface area (Å²) in [6, 6.07) is 26.0. The van der Waals surface area contributed by atoms with Crippen LogP contribution in [0, 0.1) is 0 Å². The number of unbranched alkanes of at least 4 members (excludes halogenated alkanes) is 5. The Morgan fingerprint density at radius 3 is 2.34 bits per heavy atom. The Bertz CT molecular complexity index is 2780. The third kappa shape index (κ3) is 11.5. The Hall–Kier alpha value is -6.23. The lowest BCUT2D eigenvalue weighted by molar-refractivity contribution is -0.125. The number of anilines is 1. The van der Waals surface area contributed by atoms with Gasteiger partial charge in [0.25, 0.3) is 5.91 Å². The molecule has 1 unspecified atom stereocenters. The van der Waals surface area contributed by atoms with E-state index in [-0.39, 0.29) is 52.7 Å². The number of aryl methyl sites for hydroxylation is 1. The predicted molar refractivity (Wildman–Crippen MR) is 250 cm³/mol. The number of aromatic nitrogens is 3. The lowest BCUT2D eigenvalue weighted by Gasteiger charge is -2.28. The van der Waals surface area contributed by atoms with Gasteiger partial charge in [-0.2, -0.15) is 0 Å². The Balaban J connectivity index is 0.910. The molecule has 1 aliphatic rings. The second-order valence-electron chi connectivity index (χ2n) is 15.6. The topological polar surface area (TPSA) is 219 Å². The van der Waals surface area contributed by atoms with Crippen molar-refractivity contribution in [3.05, 3.63) is 112 Å². The van der Waals surface area contributed by atoms with E-state index in [2.05, 4.69) is 20.9 Å². The Kier molecular flexibility index (Phi) is 15.6. The average Bonchev–Trinajstić information content (AvgIpc) is 3.73. The summed E-state index contributed by atoms with van der Waals surface area (Å²) >= 11 is 4.82. The number of carbonyl (C=O) groups excluding carboxylic acids is 3. The van der Waals surface area contributed by atoms with Crippen LogP contribution in [0.1, 0.15) is 73.7 Å². The maximum atomic E-state index is 13.9. The third-order valence-electron chi connectivity index (χ3n) is 11.1. The molecular formula is C47H51N6O10PS. The van der Waals surface area contributed by atoms with Crippen LogP contribution >= 0.6 is 6.72 Å². The standard InChI is InChI=1S/C47H51N6O10PS/c1-61-64(60,65)62-28-12-3-2-9-25-48-41(56)23-24-42(57)52-30-33-13-5-6-14-34(33)44-43(35-15-7-8-16-37(35)52)50-51-53(44)27-11-4-10-26-49-47(59)32-19-17-31(18-20-32)40-29-39(55)36-21-22-38(54)45(58)46(36)63-40/h5-8,13-22,29,54,58H,2-4,9-12,23-28,30H2,1H3,(H,48,56)(H,49,59)(H,60,65). The van der Waals surface area contributed by atoms with Gasteiger partial charge in [0, 0.05) is 67.9 Å². The van der Waals surface area contributed by atoms with Crippen LogP contribution in [0.3, 0.4) is 0 Å². The van der Waals surface area contributed by atoms with E-state index in [1.54, 1.807) is 29.2 Å². The van der Waals surface area contributed by atoms with Gasteiger partial charge in [-0.25, -0.2) is 4.68 Å². The molecule has 1 aliphatic heterocycles. The highest BCUT2D eigenvalue weighted by molar-refractivity contribution is 8.07. The summed E-state index contributed by atoms with van der Waals surface area (Å²) in [6.45, 7) is -0.989. The van der Waals surface area contributed by atoms with Gasteiger partial charge in [0.05, 0.1) is 29.9 Å². The minimum absolute atomic E-state index is 0.0332. The van der Waals surface area contributed by atoms with E-state index in [0.717, 1.165) is 67.3 Å². The molecule has 2 aromatic heterocycles. The van der Waals surface area contributed by atoms with Crippen molar-refractivity contribution in [3.63, 3.8) is 0 Å². The average molecular weight is 923 g/mol. The highest BCUT2D eigenvalue weighted by Crippen LogP contribution is 2.43. The van der Waals surface area contributed by atoms with E-state index in [0.29, 0.717) is 55.3 Å². The predicted octanol–water partition coefficient (Wildman–Crippen LogP) is 7.58. The number of aromatic hydroxyl groups is 2. The number of hydrogen-bond acceptors (Lipinski definition) is 12. The normalized spacial score (nSPS) is 12.9. The molecular weight excluding hydrogens is 872 g/mol. The second-order valence-corrected chi connectivity index (χ2v) is 18.5. The van der Waals surface area contributed by atoms with Crippen LogP contribution in [0.4, 0.5) is 5.69 Å². The van der Waals surface area contributed by atoms with Gasteiger partial charge in [0.15, 0.2) is 16.8 Å². The van der Waals surface area contributed by atoms with Crippen molar-refractivity contribution in [2.24, 2.45) is 0 Å². The Morgan fingerprint density at radius 2 is 1.55 bits per heavy atom. The van der Waals surface area contributed by atoms with Crippen molar-refractivity contribution < 1.29 is 43.0 Å². The summed E-state index contributed by atoms with van der Waals surface area (Å²) in [5.74, 6) is -1.35. The number of hydrogen-bond donors (Lipinski definition) is 5. The third-order valence-corrected chi connectivity index (χ3v) is 12.9. The number of benzene rings is 4. The van der Waals surface area contributed by atoms with Crippen molar-refractivity contribution in [1.82, 2.24) is 25.6 Å². The van der Waals surface area contributed by atoms with Crippen LogP contribution in [0.25, 0.3) is 44.8 Å². The van der Waals surface area contributed by atoms with Gasteiger partial charge in [-0.1, -0.05) is 72.7 Å². The SMILES string of the molecule is COP(O)(=S)OCCCCCCNC(=O)CCC(=O)N1Cc2ccccc2-c2c(nnn2CCCCCNC(=O)c2ccc(-c3cc(=O)c4ccc(O)c(O)c4o3)cc2)-c2ccccc21. The molecule has 340 valence electrons. The maximum Gasteiger partial charge on any atom is 0.324 e. The molecule has 0 aliphatic carbocycles. The monoisotopic (exact) mass is 922 g/mol. The maximum absolute atomic E-state index is 13.9. The molecule has 7 rings (SSSR count). The van der Waals surface area contributed by atoms with Crippen molar-refractivity contribution in [2.45, 2.75) is 70.9 Å². The van der Waals surface area contributed by atoms with Crippen molar-refractivity contribution in [2.75, 3.05) is 31.7 Å². The first-order valence-corrected chi connectivity index (χ1v) is 24.1. The van der Waals surface area contributed by atoms with Crippen LogP contribution in [-0.4, -0.2) is 74.6 Å². The van der Waals surface area contributed by atoms with Gasteiger partial charge in [-0.3, -0.25) is 19.2 Å². The molecule has 1 atom stereocenters. The molecule has 0 fully saturated rings. The molecule has 5 N–H and O–H groups in total. The Labute approximate surface area is 380 Å². The number of nitrogens with zero attached hydrogens (tertiary/aromatic N) is 4. The van der Waals surface area contributed by atoms with Crippen LogP contribution in [0.15, 0.2) is 100 Å². The smallest absolute Gasteiger partial charge is 0.324 e. The number of phenols is 2. The van der Waals surface area contributed by atoms with E-state index < -0.39 is 18.2 Å². The summed E-state index contributed by atoms with van der Waals surface area (Å²) in [5, 5.41) is 35.3. The van der Waals surface area contributed by atoms with E-state index in [1.165, 1.54) is 25.3 Å². The fraction of sp³-hybridized carbons (Fsp3) is 0.319. The highest BCUT2D eigenvalue weighted by Gasteiger charge is 2.29. The molecule has 3 heterocycles. The summed E-state index contributed by atoms with van der Waals surface area (Å²) in [6.07, 6.45) is 5.59. The molecule has 18 heteroatoms. The zero-order valence-corrected chi connectivity index (χ0v) is 37.6. The molecule has 0 saturated carbocycles. The van der Waals surface area contributed by atoms with Gasteiger partial charge in [0.1, 0.15) is 11.5 Å². The summed E-state index contributed by atoms with van der Waals surface area (Å²) in [7, 11) is 1.32. The summed E-state index contributed by atoms with van der Waals surface area (Å²) < 4.78 is 17.6. The molecule has 0 spiro atoms. The molecule has 0 radical (unpaired) electrons. The zero-order chi connectivity index (χ0) is 45.9. The first kappa shape index (κ1) is 46.8. The highest BCUT2D eigenvalue weighted by atomic mass is 32.5. The van der Waals surface area contributed by atoms with Crippen LogP contribution in [-0.2, 0) is 43.5 Å². The number of rotatable bonds is 20. The Morgan fingerprint density at radius 1 is 0.846 bits per heavy atom. The molecule has 4 aromatic carbocycles. The summed E-state index contributed by atoms with van der Waals surface area (Å²) in [4.78, 5) is 63.7. The number of nitrogens with one attached hydrogen (secondary N) is 2. The lowest BCUT2D eigenvalue weighted by Crippen LogP contribution is -2.33. The van der Waals surface area contributed by atoms with Crippen molar-refractivity contribution in [3.8, 4) is 45.3 Å². The molecule has 3 amide bonds. The van der Waals surface area contributed by atoms with Crippen LogP contribution < -0.4 is 21.0 Å². The number of amides is 3. The van der Waals surface area contributed by atoms with Gasteiger partial charge >= 0.3 is 6.72 Å². The number of para-hydroxylation sites is 1. The molecule has 0 saturated heterocycles. The van der Waals surface area contributed by atoms with Gasteiger partial charge in [0.2, 0.25) is 17.6 Å². The fourth-order valence-electron chi connectivity index (χ4n) is 7.67. The largest absolute Gasteiger partial charge is 0.504 e. The fourth-order valence-corrected chi connectivity index (χ4v) is 8.36. The van der Waals surface area contributed by atoms with Gasteiger partial charge in [-0.15, -0.1) is 5.10 Å². The quantitative estimate of drug-likeness (QED) is 0.0284. The van der Waals surface area contributed by atoms with Gasteiger partial charge < -0.3 is 44.1 Å². The van der Waals surface area contributed by atoms with Crippen LogP contribution in [0.5, 0.6) is 11.5 Å². The van der Waals surface area contributed by atoms with Crippen molar-refractivity contribution >= 4 is 52.9 Å². The number of phenolic OH excluding ortho intramolecular Hbond substituents is 2. The number of carbonyl (C=O) groups is 3. The minimum Gasteiger partial charge on any atom is -0.504 e. The number of fused-ring (bicyclic) bond motifs is 6. The van der Waals surface area contributed by atoms with E-state index in [1.807, 2.05) is 53.2 Å². The first-order chi connectivity index (χ1) is 31.4.